The van der Waals surface area contributed by atoms with Crippen LogP contribution < -0.4 is 33.2 Å². The zero-order valence-electron chi connectivity index (χ0n) is 18.3. The lowest BCUT2D eigenvalue weighted by atomic mass is 10.0. The molecule has 0 aromatic rings. The highest BCUT2D eigenvalue weighted by molar-refractivity contribution is 5.94. The van der Waals surface area contributed by atoms with E-state index in [0.717, 1.165) is 0 Å². The van der Waals surface area contributed by atoms with Crippen molar-refractivity contribution in [2.75, 3.05) is 13.1 Å². The molecule has 11 N–H and O–H groups in total. The molecule has 0 fully saturated rings. The summed E-state index contributed by atoms with van der Waals surface area (Å²) in [7, 11) is 0. The molecule has 5 unspecified atom stereocenters. The maximum Gasteiger partial charge on any atom is 0.326 e. The smallest absolute Gasteiger partial charge is 0.326 e. The van der Waals surface area contributed by atoms with Crippen LogP contribution >= 0.6 is 0 Å². The Morgan fingerprint density at radius 3 is 1.68 bits per heavy atom. The van der Waals surface area contributed by atoms with Gasteiger partial charge in [-0.15, -0.1) is 0 Å². The van der Waals surface area contributed by atoms with Crippen molar-refractivity contribution in [1.82, 2.24) is 16.0 Å². The van der Waals surface area contributed by atoms with Crippen LogP contribution in [0.15, 0.2) is 0 Å². The van der Waals surface area contributed by atoms with Crippen LogP contribution in [-0.4, -0.2) is 77.3 Å². The second kappa shape index (κ2) is 15.5. The first-order valence-corrected chi connectivity index (χ1v) is 10.5. The molecule has 0 radical (unpaired) electrons. The second-order valence-electron chi connectivity index (χ2n) is 7.55. The van der Waals surface area contributed by atoms with Crippen LogP contribution in [0.1, 0.15) is 52.4 Å². The Labute approximate surface area is 182 Å². The van der Waals surface area contributed by atoms with Gasteiger partial charge >= 0.3 is 5.97 Å². The predicted molar refractivity (Wildman–Crippen MR) is 115 cm³/mol. The Bertz CT molecular complexity index is 586. The Kier molecular flexibility index (Phi) is 14.4. The number of aliphatic hydroxyl groups is 1. The van der Waals surface area contributed by atoms with Gasteiger partial charge in [-0.1, -0.05) is 0 Å². The van der Waals surface area contributed by atoms with Gasteiger partial charge < -0.3 is 43.4 Å². The standard InChI is InChI=1S/C19H38N6O6/c1-11(22)16(27)25-15(12(2)26)18(29)23-13(7-3-5-9-20)17(28)24-14(19(30)31)8-4-6-10-21/h11-15,26H,3-10,20-22H2,1-2H3,(H,23,29)(H,24,28)(H,25,27)(H,30,31). The lowest BCUT2D eigenvalue weighted by Gasteiger charge is -2.26. The van der Waals surface area contributed by atoms with Crippen molar-refractivity contribution < 1.29 is 29.4 Å². The number of carboxylic acid groups (broad SMARTS) is 1. The number of rotatable bonds is 16. The molecule has 0 saturated carbocycles. The molecule has 12 heteroatoms. The lowest BCUT2D eigenvalue weighted by molar-refractivity contribution is -0.142. The summed E-state index contributed by atoms with van der Waals surface area (Å²) >= 11 is 0. The van der Waals surface area contributed by atoms with E-state index in [4.69, 9.17) is 17.2 Å². The van der Waals surface area contributed by atoms with E-state index in [2.05, 4.69) is 16.0 Å². The maximum atomic E-state index is 12.7. The molecule has 180 valence electrons. The number of hydrogen-bond acceptors (Lipinski definition) is 8. The van der Waals surface area contributed by atoms with E-state index >= 15 is 0 Å². The fourth-order valence-electron chi connectivity index (χ4n) is 2.74. The van der Waals surface area contributed by atoms with Crippen molar-refractivity contribution in [2.45, 2.75) is 82.6 Å². The average molecular weight is 447 g/mol. The summed E-state index contributed by atoms with van der Waals surface area (Å²) in [6.45, 7) is 3.53. The van der Waals surface area contributed by atoms with Gasteiger partial charge in [-0.25, -0.2) is 4.79 Å². The van der Waals surface area contributed by atoms with E-state index in [1.54, 1.807) is 0 Å². The normalized spacial score (nSPS) is 15.8. The van der Waals surface area contributed by atoms with Crippen molar-refractivity contribution >= 4 is 23.7 Å². The monoisotopic (exact) mass is 446 g/mol. The first-order valence-electron chi connectivity index (χ1n) is 10.5. The minimum atomic E-state index is -1.33. The van der Waals surface area contributed by atoms with E-state index in [0.29, 0.717) is 38.8 Å². The van der Waals surface area contributed by atoms with Crippen molar-refractivity contribution in [3.05, 3.63) is 0 Å². The van der Waals surface area contributed by atoms with Gasteiger partial charge in [0.1, 0.15) is 18.1 Å². The van der Waals surface area contributed by atoms with Crippen LogP contribution in [0.5, 0.6) is 0 Å². The molecule has 0 aliphatic heterocycles. The van der Waals surface area contributed by atoms with Gasteiger partial charge in [0.15, 0.2) is 0 Å². The van der Waals surface area contributed by atoms with Gasteiger partial charge in [0, 0.05) is 0 Å². The molecular formula is C19H38N6O6. The van der Waals surface area contributed by atoms with Gasteiger partial charge in [0.05, 0.1) is 12.1 Å². The number of nitrogens with two attached hydrogens (primary N) is 3. The highest BCUT2D eigenvalue weighted by Crippen LogP contribution is 2.06. The first-order chi connectivity index (χ1) is 14.5. The van der Waals surface area contributed by atoms with Gasteiger partial charge in [0.2, 0.25) is 17.7 Å². The summed E-state index contributed by atoms with van der Waals surface area (Å²) in [4.78, 5) is 48.7. The minimum Gasteiger partial charge on any atom is -0.480 e. The molecule has 5 atom stereocenters. The number of hydrogen-bond donors (Lipinski definition) is 8. The fraction of sp³-hybridized carbons (Fsp3) is 0.789. The molecule has 0 aromatic heterocycles. The largest absolute Gasteiger partial charge is 0.480 e. The molecule has 3 amide bonds. The van der Waals surface area contributed by atoms with E-state index in [9.17, 15) is 29.4 Å². The average Bonchev–Trinajstić information content (AvgIpc) is 2.69. The molecule has 0 rings (SSSR count). The minimum absolute atomic E-state index is 0.197. The number of aliphatic carboxylic acids is 1. The van der Waals surface area contributed by atoms with Crippen molar-refractivity contribution in [2.24, 2.45) is 17.2 Å². The summed E-state index contributed by atoms with van der Waals surface area (Å²) < 4.78 is 0. The third kappa shape index (κ3) is 11.6. The Hall–Kier alpha value is -2.28. The van der Waals surface area contributed by atoms with Crippen molar-refractivity contribution in [1.29, 1.82) is 0 Å². The van der Waals surface area contributed by atoms with Crippen LogP contribution in [0.25, 0.3) is 0 Å². The lowest BCUT2D eigenvalue weighted by Crippen LogP contribution is -2.59. The fourth-order valence-corrected chi connectivity index (χ4v) is 2.74. The highest BCUT2D eigenvalue weighted by Gasteiger charge is 2.31. The van der Waals surface area contributed by atoms with E-state index in [1.165, 1.54) is 13.8 Å². The molecule has 0 aliphatic rings. The van der Waals surface area contributed by atoms with Crippen LogP contribution in [0.2, 0.25) is 0 Å². The molecule has 0 bridgehead atoms. The number of amides is 3. The summed E-state index contributed by atoms with van der Waals surface area (Å²) in [5, 5.41) is 26.5. The van der Waals surface area contributed by atoms with Gasteiger partial charge in [-0.3, -0.25) is 14.4 Å². The molecule has 12 nitrogen and oxygen atoms in total. The van der Waals surface area contributed by atoms with Gasteiger partial charge in [0.25, 0.3) is 0 Å². The predicted octanol–water partition coefficient (Wildman–Crippen LogP) is -2.49. The SMILES string of the molecule is CC(N)C(=O)NC(C(=O)NC(CCCCN)C(=O)NC(CCCCN)C(=O)O)C(C)O. The highest BCUT2D eigenvalue weighted by atomic mass is 16.4. The number of carbonyl (C=O) groups is 4. The number of aliphatic hydroxyl groups excluding tert-OH is 1. The molecule has 0 aliphatic carbocycles. The van der Waals surface area contributed by atoms with Gasteiger partial charge in [-0.05, 0) is 65.5 Å². The van der Waals surface area contributed by atoms with Crippen LogP contribution in [-0.2, 0) is 19.2 Å². The number of carboxylic acids is 1. The maximum absolute atomic E-state index is 12.7. The van der Waals surface area contributed by atoms with Crippen molar-refractivity contribution in [3.63, 3.8) is 0 Å². The third-order valence-electron chi connectivity index (χ3n) is 4.62. The van der Waals surface area contributed by atoms with Crippen LogP contribution in [0.3, 0.4) is 0 Å². The summed E-state index contributed by atoms with van der Waals surface area (Å²) in [6, 6.07) is -4.42. The van der Waals surface area contributed by atoms with E-state index < -0.39 is 54.0 Å². The summed E-state index contributed by atoms with van der Waals surface area (Å²) in [5.74, 6) is -3.29. The Morgan fingerprint density at radius 1 is 0.774 bits per heavy atom. The Balaban J connectivity index is 5.31. The molecular weight excluding hydrogens is 408 g/mol. The second-order valence-corrected chi connectivity index (χ2v) is 7.55. The molecule has 0 aromatic carbocycles. The topological polar surface area (TPSA) is 223 Å². The number of carbonyl (C=O) groups excluding carboxylic acids is 3. The third-order valence-corrected chi connectivity index (χ3v) is 4.62. The quantitative estimate of drug-likeness (QED) is 0.117. The van der Waals surface area contributed by atoms with Crippen LogP contribution in [0.4, 0.5) is 0 Å². The zero-order valence-corrected chi connectivity index (χ0v) is 18.3. The van der Waals surface area contributed by atoms with Crippen molar-refractivity contribution in [3.8, 4) is 0 Å². The number of nitrogens with one attached hydrogen (secondary N) is 3. The number of unbranched alkanes of at least 4 members (excludes halogenated alkanes) is 2. The molecule has 0 saturated heterocycles. The Morgan fingerprint density at radius 2 is 1.26 bits per heavy atom. The van der Waals surface area contributed by atoms with E-state index in [-0.39, 0.29) is 12.8 Å². The first kappa shape index (κ1) is 28.7. The molecule has 31 heavy (non-hydrogen) atoms. The van der Waals surface area contributed by atoms with E-state index in [1.807, 2.05) is 0 Å². The van der Waals surface area contributed by atoms with Crippen LogP contribution in [0, 0.1) is 0 Å². The van der Waals surface area contributed by atoms with Gasteiger partial charge in [-0.2, -0.15) is 0 Å². The molecule has 0 spiro atoms. The molecule has 0 heterocycles. The summed E-state index contributed by atoms with van der Waals surface area (Å²) in [5.41, 5.74) is 16.4. The summed E-state index contributed by atoms with van der Waals surface area (Å²) in [6.07, 6.45) is 1.39. The zero-order chi connectivity index (χ0) is 24.0.